The largest absolute Gasteiger partial charge is 0.489 e. The first kappa shape index (κ1) is 10.9. The molecule has 0 radical (unpaired) electrons. The van der Waals surface area contributed by atoms with E-state index in [2.05, 4.69) is 9.97 Å². The fraction of sp³-hybridized carbons (Fsp3) is 0.545. The number of aliphatic carboxylic acids is 1. The quantitative estimate of drug-likeness (QED) is 0.832. The maximum absolute atomic E-state index is 10.9. The predicted molar refractivity (Wildman–Crippen MR) is 56.3 cm³/mol. The Morgan fingerprint density at radius 2 is 2.25 bits per heavy atom. The van der Waals surface area contributed by atoms with Crippen molar-refractivity contribution < 1.29 is 14.6 Å². The van der Waals surface area contributed by atoms with Crippen molar-refractivity contribution in [2.75, 3.05) is 6.61 Å². The van der Waals surface area contributed by atoms with E-state index in [1.807, 2.05) is 6.92 Å². The van der Waals surface area contributed by atoms with Gasteiger partial charge in [0, 0.05) is 0 Å². The fourth-order valence-corrected chi connectivity index (χ4v) is 1.50. The molecule has 0 aromatic carbocycles. The van der Waals surface area contributed by atoms with Crippen molar-refractivity contribution in [1.82, 2.24) is 9.97 Å². The Balaban J connectivity index is 2.03. The topological polar surface area (TPSA) is 72.3 Å². The van der Waals surface area contributed by atoms with Crippen LogP contribution in [0.2, 0.25) is 0 Å². The lowest BCUT2D eigenvalue weighted by Crippen LogP contribution is -2.23. The van der Waals surface area contributed by atoms with Gasteiger partial charge in [0.25, 0.3) is 0 Å². The molecule has 0 saturated heterocycles. The minimum Gasteiger partial charge on any atom is -0.489 e. The number of carboxylic acids is 1. The van der Waals surface area contributed by atoms with Crippen LogP contribution in [0.25, 0.3) is 0 Å². The number of carbonyl (C=O) groups is 1. The van der Waals surface area contributed by atoms with Crippen LogP contribution in [0.3, 0.4) is 0 Å². The molecule has 1 aliphatic carbocycles. The van der Waals surface area contributed by atoms with Gasteiger partial charge in [-0.2, -0.15) is 0 Å². The van der Waals surface area contributed by atoms with Gasteiger partial charge >= 0.3 is 5.97 Å². The van der Waals surface area contributed by atoms with Crippen molar-refractivity contribution in [3.05, 3.63) is 17.7 Å². The maximum atomic E-state index is 10.9. The second-order valence-corrected chi connectivity index (χ2v) is 4.24. The van der Waals surface area contributed by atoms with Crippen LogP contribution in [-0.2, 0) is 4.79 Å². The molecule has 5 nitrogen and oxygen atoms in total. The highest BCUT2D eigenvalue weighted by Crippen LogP contribution is 2.46. The van der Waals surface area contributed by atoms with E-state index in [0.717, 1.165) is 5.69 Å². The zero-order valence-electron chi connectivity index (χ0n) is 9.36. The number of carboxylic acid groups (broad SMARTS) is 1. The Morgan fingerprint density at radius 1 is 1.56 bits per heavy atom. The molecule has 2 rings (SSSR count). The summed E-state index contributed by atoms with van der Waals surface area (Å²) in [5.41, 5.74) is 0.0748. The van der Waals surface area contributed by atoms with E-state index < -0.39 is 11.4 Å². The Kier molecular flexibility index (Phi) is 2.53. The van der Waals surface area contributed by atoms with Gasteiger partial charge in [0.05, 0.1) is 11.9 Å². The minimum atomic E-state index is -0.779. The molecule has 0 amide bonds. The van der Waals surface area contributed by atoms with Crippen LogP contribution in [0.15, 0.2) is 6.20 Å². The molecular formula is C11H14N2O3. The van der Waals surface area contributed by atoms with Crippen molar-refractivity contribution in [2.45, 2.75) is 26.7 Å². The van der Waals surface area contributed by atoms with Crippen LogP contribution < -0.4 is 4.74 Å². The van der Waals surface area contributed by atoms with Gasteiger partial charge in [-0.3, -0.25) is 4.79 Å². The summed E-state index contributed by atoms with van der Waals surface area (Å²) in [5.74, 6) is 0.473. The molecule has 0 aliphatic heterocycles. The molecule has 0 spiro atoms. The lowest BCUT2D eigenvalue weighted by atomic mass is 10.1. The maximum Gasteiger partial charge on any atom is 0.313 e. The molecule has 0 atom stereocenters. The molecule has 1 saturated carbocycles. The molecule has 0 bridgehead atoms. The van der Waals surface area contributed by atoms with E-state index in [4.69, 9.17) is 9.84 Å². The monoisotopic (exact) mass is 222 g/mol. The first-order valence-electron chi connectivity index (χ1n) is 5.20. The van der Waals surface area contributed by atoms with E-state index in [1.165, 1.54) is 0 Å². The summed E-state index contributed by atoms with van der Waals surface area (Å²) in [6, 6.07) is 0. The summed E-state index contributed by atoms with van der Waals surface area (Å²) in [7, 11) is 0. The molecule has 16 heavy (non-hydrogen) atoms. The summed E-state index contributed by atoms with van der Waals surface area (Å²) < 4.78 is 5.47. The average Bonchev–Trinajstić information content (AvgIpc) is 2.97. The first-order valence-corrected chi connectivity index (χ1v) is 5.20. The van der Waals surface area contributed by atoms with E-state index >= 15 is 0 Å². The molecule has 0 unspecified atom stereocenters. The second-order valence-electron chi connectivity index (χ2n) is 4.24. The number of nitrogens with zero attached hydrogens (tertiary/aromatic N) is 2. The average molecular weight is 222 g/mol. The Hall–Kier alpha value is -1.65. The van der Waals surface area contributed by atoms with Crippen molar-refractivity contribution in [3.8, 4) is 5.75 Å². The zero-order chi connectivity index (χ0) is 11.8. The van der Waals surface area contributed by atoms with Gasteiger partial charge < -0.3 is 9.84 Å². The molecule has 1 aromatic rings. The smallest absolute Gasteiger partial charge is 0.313 e. The summed E-state index contributed by atoms with van der Waals surface area (Å²) in [6.45, 7) is 3.83. The highest BCUT2D eigenvalue weighted by atomic mass is 16.5. The molecule has 1 fully saturated rings. The number of aromatic nitrogens is 2. The molecule has 1 aliphatic rings. The van der Waals surface area contributed by atoms with Crippen LogP contribution in [0, 0.1) is 19.3 Å². The summed E-state index contributed by atoms with van der Waals surface area (Å²) in [4.78, 5) is 19.1. The van der Waals surface area contributed by atoms with Gasteiger partial charge in [0.2, 0.25) is 0 Å². The molecule has 5 heteroatoms. The summed E-state index contributed by atoms with van der Waals surface area (Å²) in [6.07, 6.45) is 2.97. The predicted octanol–water partition coefficient (Wildman–Crippen LogP) is 1.34. The summed E-state index contributed by atoms with van der Waals surface area (Å²) in [5, 5.41) is 8.98. The minimum absolute atomic E-state index is 0.204. The lowest BCUT2D eigenvalue weighted by molar-refractivity contribution is -0.144. The van der Waals surface area contributed by atoms with Crippen molar-refractivity contribution in [2.24, 2.45) is 5.41 Å². The third kappa shape index (κ3) is 1.98. The Bertz CT molecular complexity index is 427. The van der Waals surface area contributed by atoms with Gasteiger partial charge in [-0.1, -0.05) is 0 Å². The van der Waals surface area contributed by atoms with Crippen LogP contribution in [0.1, 0.15) is 24.4 Å². The highest BCUT2D eigenvalue weighted by molar-refractivity contribution is 5.77. The van der Waals surface area contributed by atoms with Crippen LogP contribution in [0.5, 0.6) is 5.75 Å². The van der Waals surface area contributed by atoms with Gasteiger partial charge in [0.15, 0.2) is 5.75 Å². The van der Waals surface area contributed by atoms with E-state index in [9.17, 15) is 4.79 Å². The fourth-order valence-electron chi connectivity index (χ4n) is 1.50. The standard InChI is InChI=1S/C11H14N2O3/c1-7-9(5-12-8(2)13-7)16-6-11(3-4-11)10(14)15/h5H,3-4,6H2,1-2H3,(H,14,15). The number of rotatable bonds is 4. The highest BCUT2D eigenvalue weighted by Gasteiger charge is 2.51. The number of hydrogen-bond donors (Lipinski definition) is 1. The number of ether oxygens (including phenoxy) is 1. The summed E-state index contributed by atoms with van der Waals surface area (Å²) >= 11 is 0. The molecule has 1 N–H and O–H groups in total. The third-order valence-corrected chi connectivity index (χ3v) is 2.87. The van der Waals surface area contributed by atoms with Gasteiger partial charge in [-0.15, -0.1) is 0 Å². The second kappa shape index (κ2) is 3.73. The third-order valence-electron chi connectivity index (χ3n) is 2.87. The van der Waals surface area contributed by atoms with Crippen LogP contribution >= 0.6 is 0 Å². The first-order chi connectivity index (χ1) is 7.53. The van der Waals surface area contributed by atoms with Gasteiger partial charge in [-0.05, 0) is 26.7 Å². The van der Waals surface area contributed by atoms with Crippen molar-refractivity contribution in [1.29, 1.82) is 0 Å². The normalized spacial score (nSPS) is 16.9. The van der Waals surface area contributed by atoms with E-state index in [1.54, 1.807) is 13.1 Å². The Labute approximate surface area is 93.5 Å². The van der Waals surface area contributed by atoms with Crippen LogP contribution in [0.4, 0.5) is 0 Å². The molecular weight excluding hydrogens is 208 g/mol. The van der Waals surface area contributed by atoms with Gasteiger partial charge in [-0.25, -0.2) is 9.97 Å². The SMILES string of the molecule is Cc1ncc(OCC2(C(=O)O)CC2)c(C)n1. The van der Waals surface area contributed by atoms with Crippen molar-refractivity contribution >= 4 is 5.97 Å². The Morgan fingerprint density at radius 3 is 2.75 bits per heavy atom. The molecule has 1 aromatic heterocycles. The van der Waals surface area contributed by atoms with Crippen molar-refractivity contribution in [3.63, 3.8) is 0 Å². The molecule has 1 heterocycles. The lowest BCUT2D eigenvalue weighted by Gasteiger charge is -2.12. The number of hydrogen-bond acceptors (Lipinski definition) is 4. The molecule has 86 valence electrons. The number of aryl methyl sites for hydroxylation is 2. The van der Waals surface area contributed by atoms with Gasteiger partial charge in [0.1, 0.15) is 17.8 Å². The van der Waals surface area contributed by atoms with Crippen LogP contribution in [-0.4, -0.2) is 27.7 Å². The zero-order valence-corrected chi connectivity index (χ0v) is 9.36. The van der Waals surface area contributed by atoms with E-state index in [0.29, 0.717) is 24.4 Å². The van der Waals surface area contributed by atoms with E-state index in [-0.39, 0.29) is 6.61 Å².